The highest BCUT2D eigenvalue weighted by Crippen LogP contribution is 2.35. The van der Waals surface area contributed by atoms with E-state index in [0.717, 1.165) is 0 Å². The first-order valence-corrected chi connectivity index (χ1v) is 8.52. The second-order valence-corrected chi connectivity index (χ2v) is 11.0. The van der Waals surface area contributed by atoms with Gasteiger partial charge >= 0.3 is 0 Å². The van der Waals surface area contributed by atoms with Crippen molar-refractivity contribution < 1.29 is 0 Å². The van der Waals surface area contributed by atoms with Crippen LogP contribution in [-0.2, 0) is 0 Å². The summed E-state index contributed by atoms with van der Waals surface area (Å²) in [6.07, 6.45) is 1.90. The molecule has 0 bridgehead atoms. The molecule has 0 unspecified atom stereocenters. The van der Waals surface area contributed by atoms with Crippen molar-refractivity contribution >= 4 is 19.3 Å². The van der Waals surface area contributed by atoms with Gasteiger partial charge in [-0.3, -0.25) is 0 Å². The second-order valence-electron chi connectivity index (χ2n) is 5.70. The molecule has 0 aliphatic rings. The van der Waals surface area contributed by atoms with Crippen LogP contribution in [0.4, 0.5) is 0 Å². The highest BCUT2D eigenvalue weighted by atomic mass is 28.3. The molecule has 0 saturated heterocycles. The molecule has 0 aliphatic carbocycles. The average Bonchev–Trinajstić information content (AvgIpc) is 2.16. The summed E-state index contributed by atoms with van der Waals surface area (Å²) < 4.78 is 0. The van der Waals surface area contributed by atoms with E-state index >= 15 is 0 Å². The third-order valence-corrected chi connectivity index (χ3v) is 9.27. The molecule has 1 aromatic rings. The molecule has 0 amide bonds. The van der Waals surface area contributed by atoms with Crippen LogP contribution in [-0.4, -0.2) is 8.07 Å². The maximum Gasteiger partial charge on any atom is 0.0859 e. The van der Waals surface area contributed by atoms with Gasteiger partial charge in [0.1, 0.15) is 0 Å². The molecule has 82 valence electrons. The first kappa shape index (κ1) is 12.2. The summed E-state index contributed by atoms with van der Waals surface area (Å²) in [6.45, 7) is 15.7. The van der Waals surface area contributed by atoms with Crippen LogP contribution in [0.5, 0.6) is 0 Å². The molecule has 0 spiro atoms. The first-order chi connectivity index (χ1) is 6.79. The average molecular weight is 218 g/mol. The predicted octanol–water partition coefficient (Wildman–Crippen LogP) is 4.05. The molecule has 0 aromatic heterocycles. The summed E-state index contributed by atoms with van der Waals surface area (Å²) in [4.78, 5) is 0. The van der Waals surface area contributed by atoms with Gasteiger partial charge in [0.2, 0.25) is 0 Å². The van der Waals surface area contributed by atoms with Gasteiger partial charge in [-0.1, -0.05) is 76.0 Å². The Morgan fingerprint density at radius 2 is 1.53 bits per heavy atom. The van der Waals surface area contributed by atoms with Crippen LogP contribution in [0.1, 0.15) is 26.3 Å². The van der Waals surface area contributed by atoms with Crippen molar-refractivity contribution in [2.45, 2.75) is 38.9 Å². The SMILES string of the molecule is C=Cc1ccc([Si](C)(C)C(C)(C)C)cc1. The fourth-order valence-electron chi connectivity index (χ4n) is 1.47. The zero-order chi connectivity index (χ0) is 11.7. The van der Waals surface area contributed by atoms with Crippen molar-refractivity contribution in [1.82, 2.24) is 0 Å². The van der Waals surface area contributed by atoms with Crippen molar-refractivity contribution in [3.8, 4) is 0 Å². The number of hydrogen-bond donors (Lipinski definition) is 0. The van der Waals surface area contributed by atoms with Gasteiger partial charge in [-0.2, -0.15) is 0 Å². The quantitative estimate of drug-likeness (QED) is 0.657. The first-order valence-electron chi connectivity index (χ1n) is 5.52. The largest absolute Gasteiger partial charge is 0.0985 e. The van der Waals surface area contributed by atoms with Crippen LogP contribution in [0, 0.1) is 0 Å². The van der Waals surface area contributed by atoms with Gasteiger partial charge in [-0.05, 0) is 10.6 Å². The highest BCUT2D eigenvalue weighted by Gasteiger charge is 2.36. The lowest BCUT2D eigenvalue weighted by Gasteiger charge is -2.37. The Balaban J connectivity index is 3.11. The molecular weight excluding hydrogens is 196 g/mol. The van der Waals surface area contributed by atoms with Crippen LogP contribution < -0.4 is 5.19 Å². The summed E-state index contributed by atoms with van der Waals surface area (Å²) in [5.41, 5.74) is 1.21. The normalized spacial score (nSPS) is 12.6. The van der Waals surface area contributed by atoms with Gasteiger partial charge in [-0.15, -0.1) is 0 Å². The Labute approximate surface area is 95.0 Å². The summed E-state index contributed by atoms with van der Waals surface area (Å²) in [5, 5.41) is 1.93. The second kappa shape index (κ2) is 3.97. The summed E-state index contributed by atoms with van der Waals surface area (Å²) in [6, 6.07) is 8.88. The third kappa shape index (κ3) is 2.40. The molecule has 0 fully saturated rings. The van der Waals surface area contributed by atoms with Gasteiger partial charge in [0.05, 0.1) is 8.07 Å². The van der Waals surface area contributed by atoms with E-state index in [1.54, 1.807) is 0 Å². The number of benzene rings is 1. The minimum atomic E-state index is -1.35. The molecule has 0 atom stereocenters. The standard InChI is InChI=1S/C14H22Si/c1-7-12-8-10-13(11-9-12)15(5,6)14(2,3)4/h7-11H,1H2,2-6H3. The van der Waals surface area contributed by atoms with E-state index in [1.807, 2.05) is 6.08 Å². The molecule has 0 radical (unpaired) electrons. The van der Waals surface area contributed by atoms with E-state index in [0.29, 0.717) is 5.04 Å². The van der Waals surface area contributed by atoms with Crippen molar-refractivity contribution in [3.05, 3.63) is 36.4 Å². The minimum absolute atomic E-state index is 0.405. The van der Waals surface area contributed by atoms with Crippen molar-refractivity contribution in [3.63, 3.8) is 0 Å². The molecule has 0 saturated carbocycles. The molecule has 0 N–H and O–H groups in total. The fourth-order valence-corrected chi connectivity index (χ4v) is 3.33. The molecule has 0 heterocycles. The Bertz CT molecular complexity index is 339. The maximum absolute atomic E-state index is 3.78. The van der Waals surface area contributed by atoms with Crippen LogP contribution in [0.25, 0.3) is 6.08 Å². The van der Waals surface area contributed by atoms with Crippen molar-refractivity contribution in [2.75, 3.05) is 0 Å². The molecule has 0 aliphatic heterocycles. The molecule has 1 aromatic carbocycles. The van der Waals surface area contributed by atoms with Crippen molar-refractivity contribution in [2.24, 2.45) is 0 Å². The molecule has 1 heteroatoms. The molecular formula is C14H22Si. The minimum Gasteiger partial charge on any atom is -0.0985 e. The van der Waals surface area contributed by atoms with Gasteiger partial charge in [0.15, 0.2) is 0 Å². The fraction of sp³-hybridized carbons (Fsp3) is 0.429. The topological polar surface area (TPSA) is 0 Å². The lowest BCUT2D eigenvalue weighted by molar-refractivity contribution is 0.729. The van der Waals surface area contributed by atoms with E-state index in [4.69, 9.17) is 0 Å². The van der Waals surface area contributed by atoms with Crippen LogP contribution in [0.15, 0.2) is 30.8 Å². The van der Waals surface area contributed by atoms with Gasteiger partial charge in [0.25, 0.3) is 0 Å². The monoisotopic (exact) mass is 218 g/mol. The summed E-state index contributed by atoms with van der Waals surface area (Å²) in [7, 11) is -1.35. The van der Waals surface area contributed by atoms with E-state index in [2.05, 4.69) is 64.7 Å². The number of rotatable bonds is 2. The Hall–Kier alpha value is -0.823. The van der Waals surface area contributed by atoms with Gasteiger partial charge < -0.3 is 0 Å². The zero-order valence-corrected chi connectivity index (χ0v) is 11.6. The van der Waals surface area contributed by atoms with Crippen LogP contribution in [0.3, 0.4) is 0 Å². The lowest BCUT2D eigenvalue weighted by Crippen LogP contribution is -2.49. The van der Waals surface area contributed by atoms with E-state index < -0.39 is 8.07 Å². The van der Waals surface area contributed by atoms with Crippen LogP contribution >= 0.6 is 0 Å². The zero-order valence-electron chi connectivity index (χ0n) is 10.6. The molecule has 1 rings (SSSR count). The highest BCUT2D eigenvalue weighted by molar-refractivity contribution is 6.92. The maximum atomic E-state index is 3.78. The van der Waals surface area contributed by atoms with Crippen molar-refractivity contribution in [1.29, 1.82) is 0 Å². The Morgan fingerprint density at radius 1 is 1.07 bits per heavy atom. The van der Waals surface area contributed by atoms with Gasteiger partial charge in [0, 0.05) is 0 Å². The number of hydrogen-bond acceptors (Lipinski definition) is 0. The molecule has 15 heavy (non-hydrogen) atoms. The van der Waals surface area contributed by atoms with E-state index in [1.165, 1.54) is 10.8 Å². The van der Waals surface area contributed by atoms with E-state index in [9.17, 15) is 0 Å². The Kier molecular flexibility index (Phi) is 3.24. The van der Waals surface area contributed by atoms with E-state index in [-0.39, 0.29) is 0 Å². The van der Waals surface area contributed by atoms with Crippen LogP contribution in [0.2, 0.25) is 18.1 Å². The van der Waals surface area contributed by atoms with Gasteiger partial charge in [-0.25, -0.2) is 0 Å². The molecule has 0 nitrogen and oxygen atoms in total. The smallest absolute Gasteiger partial charge is 0.0859 e. The Morgan fingerprint density at radius 3 is 1.87 bits per heavy atom. The summed E-state index contributed by atoms with van der Waals surface area (Å²) in [5.74, 6) is 0. The predicted molar refractivity (Wildman–Crippen MR) is 73.4 cm³/mol. The lowest BCUT2D eigenvalue weighted by atomic mass is 10.2. The summed E-state index contributed by atoms with van der Waals surface area (Å²) >= 11 is 0. The third-order valence-electron chi connectivity index (χ3n) is 3.74.